The van der Waals surface area contributed by atoms with E-state index in [0.29, 0.717) is 25.3 Å². The van der Waals surface area contributed by atoms with Crippen LogP contribution in [0.5, 0.6) is 0 Å². The van der Waals surface area contributed by atoms with Gasteiger partial charge in [-0.3, -0.25) is 14.5 Å². The average Bonchev–Trinajstić information content (AvgIpc) is 3.11. The van der Waals surface area contributed by atoms with Gasteiger partial charge in [-0.05, 0) is 43.7 Å². The second kappa shape index (κ2) is 7.71. The Kier molecular flexibility index (Phi) is 5.18. The maximum atomic E-state index is 13.5. The summed E-state index contributed by atoms with van der Waals surface area (Å²) in [6, 6.07) is 4.93. The van der Waals surface area contributed by atoms with E-state index in [4.69, 9.17) is 5.73 Å². The Balaban J connectivity index is 1.26. The normalized spacial score (nSPS) is 32.6. The molecule has 7 atom stereocenters. The van der Waals surface area contributed by atoms with Crippen molar-refractivity contribution in [3.05, 3.63) is 35.4 Å². The highest BCUT2D eigenvalue weighted by atomic mass is 19.4. The molecule has 7 nitrogen and oxygen atoms in total. The maximum absolute atomic E-state index is 13.5. The zero-order valence-electron chi connectivity index (χ0n) is 18.2. The van der Waals surface area contributed by atoms with Crippen LogP contribution in [-0.2, 0) is 15.8 Å². The number of alkyl halides is 3. The van der Waals surface area contributed by atoms with Crippen molar-refractivity contribution in [3.8, 4) is 6.07 Å². The van der Waals surface area contributed by atoms with Gasteiger partial charge < -0.3 is 15.5 Å². The lowest BCUT2D eigenvalue weighted by molar-refractivity contribution is -0.143. The number of rotatable bonds is 5. The zero-order valence-corrected chi connectivity index (χ0v) is 18.2. The summed E-state index contributed by atoms with van der Waals surface area (Å²) in [7, 11) is 0. The molecule has 10 heteroatoms. The van der Waals surface area contributed by atoms with E-state index >= 15 is 0 Å². The minimum atomic E-state index is -4.50. The van der Waals surface area contributed by atoms with Crippen molar-refractivity contribution in [2.75, 3.05) is 13.1 Å². The molecule has 0 spiro atoms. The van der Waals surface area contributed by atoms with Gasteiger partial charge in [0.05, 0.1) is 29.8 Å². The molecule has 5 rings (SSSR count). The third-order valence-corrected chi connectivity index (χ3v) is 7.70. The van der Waals surface area contributed by atoms with E-state index in [1.54, 1.807) is 22.8 Å². The van der Waals surface area contributed by atoms with Gasteiger partial charge in [0.2, 0.25) is 11.8 Å². The molecule has 33 heavy (non-hydrogen) atoms. The molecular formula is C23H26F3N5O2. The van der Waals surface area contributed by atoms with Crippen molar-refractivity contribution in [1.82, 2.24) is 14.7 Å². The third-order valence-electron chi connectivity index (χ3n) is 7.70. The van der Waals surface area contributed by atoms with Crippen molar-refractivity contribution in [2.24, 2.45) is 11.7 Å². The minimum absolute atomic E-state index is 0.0832. The molecule has 4 fully saturated rings. The second-order valence-corrected chi connectivity index (χ2v) is 9.66. The summed E-state index contributed by atoms with van der Waals surface area (Å²) in [6.07, 6.45) is -2.38. The fourth-order valence-electron chi connectivity index (χ4n) is 6.08. The molecular weight excluding hydrogens is 435 g/mol. The first-order valence-electron chi connectivity index (χ1n) is 11.3. The molecule has 1 aliphatic carbocycles. The fraction of sp³-hybridized carbons (Fsp3) is 0.609. The van der Waals surface area contributed by atoms with E-state index in [9.17, 15) is 28.0 Å². The highest BCUT2D eigenvalue weighted by molar-refractivity contribution is 5.87. The predicted molar refractivity (Wildman–Crippen MR) is 111 cm³/mol. The van der Waals surface area contributed by atoms with Gasteiger partial charge >= 0.3 is 6.18 Å². The van der Waals surface area contributed by atoms with E-state index < -0.39 is 35.9 Å². The average molecular weight is 461 g/mol. The number of piperazine rings is 1. The van der Waals surface area contributed by atoms with Crippen molar-refractivity contribution in [3.63, 3.8) is 0 Å². The first-order valence-corrected chi connectivity index (χ1v) is 11.3. The summed E-state index contributed by atoms with van der Waals surface area (Å²) in [5.74, 6) is -0.0930. The third kappa shape index (κ3) is 3.58. The van der Waals surface area contributed by atoms with E-state index in [2.05, 4.69) is 6.07 Å². The summed E-state index contributed by atoms with van der Waals surface area (Å²) in [4.78, 5) is 31.1. The Morgan fingerprint density at radius 2 is 2.00 bits per heavy atom. The number of nitriles is 1. The monoisotopic (exact) mass is 461 g/mol. The van der Waals surface area contributed by atoms with Crippen LogP contribution in [0, 0.1) is 17.2 Å². The molecule has 1 aromatic carbocycles. The van der Waals surface area contributed by atoms with Crippen molar-refractivity contribution < 1.29 is 22.8 Å². The van der Waals surface area contributed by atoms with Crippen LogP contribution in [0.25, 0.3) is 0 Å². The predicted octanol–water partition coefficient (Wildman–Crippen LogP) is 1.89. The molecule has 1 saturated carbocycles. The van der Waals surface area contributed by atoms with Gasteiger partial charge in [-0.2, -0.15) is 18.4 Å². The lowest BCUT2D eigenvalue weighted by Gasteiger charge is -2.39. The van der Waals surface area contributed by atoms with Crippen LogP contribution < -0.4 is 5.73 Å². The number of amides is 2. The molecule has 4 aliphatic rings. The molecule has 1 aromatic rings. The number of carbonyl (C=O) groups is 2. The zero-order chi connectivity index (χ0) is 23.7. The molecule has 2 unspecified atom stereocenters. The largest absolute Gasteiger partial charge is 0.416 e. The van der Waals surface area contributed by atoms with Crippen LogP contribution in [0.2, 0.25) is 0 Å². The maximum Gasteiger partial charge on any atom is 0.416 e. The van der Waals surface area contributed by atoms with Crippen LogP contribution in [0.15, 0.2) is 24.3 Å². The molecule has 3 heterocycles. The van der Waals surface area contributed by atoms with E-state index in [-0.39, 0.29) is 36.0 Å². The standard InChI is InChI=1S/C23H26F3N5O2/c1-12(16-4-2-3-5-17(16)23(24,25)26)30-15-8-20(22(30)33)29(10-15)11-18(28)21(32)31-14(9-27)6-13-7-19(13)31/h2-5,12-15,18-20H,6-8,10-11,28H2,1H3/t12-,13-,14+,15?,18+,19?,20+/m1/s1. The highest BCUT2D eigenvalue weighted by Gasteiger charge is 2.56. The Hall–Kier alpha value is -2.64. The number of halogens is 3. The minimum Gasteiger partial charge on any atom is -0.330 e. The van der Waals surface area contributed by atoms with Gasteiger partial charge in [0.25, 0.3) is 0 Å². The number of piperidine rings is 1. The lowest BCUT2D eigenvalue weighted by Crippen LogP contribution is -2.57. The lowest BCUT2D eigenvalue weighted by atomic mass is 9.99. The summed E-state index contributed by atoms with van der Waals surface area (Å²) >= 11 is 0. The Morgan fingerprint density at radius 1 is 1.27 bits per heavy atom. The number of hydrogen-bond donors (Lipinski definition) is 1. The van der Waals surface area contributed by atoms with Crippen LogP contribution in [0.4, 0.5) is 13.2 Å². The van der Waals surface area contributed by atoms with E-state index in [0.717, 1.165) is 12.5 Å². The summed E-state index contributed by atoms with van der Waals surface area (Å²) in [6.45, 7) is 2.28. The molecule has 3 saturated heterocycles. The highest BCUT2D eigenvalue weighted by Crippen LogP contribution is 2.48. The summed E-state index contributed by atoms with van der Waals surface area (Å²) < 4.78 is 40.5. The van der Waals surface area contributed by atoms with Gasteiger partial charge in [-0.25, -0.2) is 0 Å². The second-order valence-electron chi connectivity index (χ2n) is 9.66. The molecule has 3 aliphatic heterocycles. The van der Waals surface area contributed by atoms with Crippen molar-refractivity contribution in [1.29, 1.82) is 5.26 Å². The van der Waals surface area contributed by atoms with Crippen molar-refractivity contribution >= 4 is 11.8 Å². The Labute approximate surface area is 189 Å². The Morgan fingerprint density at radius 3 is 2.67 bits per heavy atom. The quantitative estimate of drug-likeness (QED) is 0.723. The number of carbonyl (C=O) groups excluding carboxylic acids is 2. The number of hydrogen-bond acceptors (Lipinski definition) is 5. The van der Waals surface area contributed by atoms with Crippen LogP contribution in [0.3, 0.4) is 0 Å². The number of fused-ring (bicyclic) bond motifs is 3. The first-order chi connectivity index (χ1) is 15.6. The summed E-state index contributed by atoms with van der Waals surface area (Å²) in [5.41, 5.74) is 5.57. The first kappa shape index (κ1) is 22.2. The van der Waals surface area contributed by atoms with Crippen LogP contribution in [-0.4, -0.2) is 69.8 Å². The SMILES string of the molecule is C[C@H](c1ccccc1C(F)(F)F)N1C(=O)[C@@H]2CC1CN2C[C@H](N)C(=O)N1C2C[C@H]2C[C@H]1C#N. The van der Waals surface area contributed by atoms with E-state index in [1.807, 2.05) is 4.90 Å². The number of nitrogens with two attached hydrogens (primary N) is 1. The van der Waals surface area contributed by atoms with E-state index in [1.165, 1.54) is 12.1 Å². The fourth-order valence-corrected chi connectivity index (χ4v) is 6.08. The number of likely N-dealkylation sites (tertiary alicyclic amines) is 3. The summed E-state index contributed by atoms with van der Waals surface area (Å²) in [5, 5.41) is 9.34. The van der Waals surface area contributed by atoms with Gasteiger partial charge in [-0.15, -0.1) is 0 Å². The molecule has 2 amide bonds. The van der Waals surface area contributed by atoms with Gasteiger partial charge in [-0.1, -0.05) is 18.2 Å². The molecule has 0 radical (unpaired) electrons. The smallest absolute Gasteiger partial charge is 0.330 e. The van der Waals surface area contributed by atoms with Crippen LogP contribution >= 0.6 is 0 Å². The number of benzene rings is 1. The van der Waals surface area contributed by atoms with Gasteiger partial charge in [0.15, 0.2) is 0 Å². The topological polar surface area (TPSA) is 93.7 Å². The Bertz CT molecular complexity index is 1020. The molecule has 176 valence electrons. The van der Waals surface area contributed by atoms with Gasteiger partial charge in [0, 0.05) is 25.2 Å². The molecule has 2 bridgehead atoms. The molecule has 0 aromatic heterocycles. The van der Waals surface area contributed by atoms with Crippen LogP contribution in [0.1, 0.15) is 43.4 Å². The molecule has 2 N–H and O–H groups in total. The van der Waals surface area contributed by atoms with Gasteiger partial charge in [0.1, 0.15) is 6.04 Å². The number of nitrogens with zero attached hydrogens (tertiary/aromatic N) is 4. The van der Waals surface area contributed by atoms with Crippen molar-refractivity contribution in [2.45, 2.75) is 68.6 Å².